The van der Waals surface area contributed by atoms with Crippen LogP contribution in [0, 0.1) is 5.82 Å². The maximum Gasteiger partial charge on any atom is 0.134 e. The molecular formula is C16H16FNO3. The number of aliphatic hydroxyl groups is 1. The molecule has 5 heteroatoms. The van der Waals surface area contributed by atoms with Crippen molar-refractivity contribution in [3.05, 3.63) is 65.5 Å². The number of hydrogen-bond donors (Lipinski definition) is 1. The van der Waals surface area contributed by atoms with Crippen molar-refractivity contribution in [3.63, 3.8) is 0 Å². The molecule has 21 heavy (non-hydrogen) atoms. The Bertz CT molecular complexity index is 614. The molecule has 0 heterocycles. The SMILES string of the molecule is CO/N=C(\COc1ccc(CO)c(F)c1)c1ccccc1. The second-order valence-corrected chi connectivity index (χ2v) is 4.29. The van der Waals surface area contributed by atoms with Crippen molar-refractivity contribution in [2.24, 2.45) is 5.16 Å². The van der Waals surface area contributed by atoms with Crippen LogP contribution in [-0.4, -0.2) is 24.5 Å². The van der Waals surface area contributed by atoms with Crippen LogP contribution in [0.5, 0.6) is 5.75 Å². The maximum absolute atomic E-state index is 13.6. The number of aliphatic hydroxyl groups excluding tert-OH is 1. The number of nitrogens with zero attached hydrogens (tertiary/aromatic N) is 1. The summed E-state index contributed by atoms with van der Waals surface area (Å²) in [6, 6.07) is 13.8. The molecule has 0 aliphatic heterocycles. The van der Waals surface area contributed by atoms with E-state index in [0.717, 1.165) is 5.56 Å². The summed E-state index contributed by atoms with van der Waals surface area (Å²) in [7, 11) is 1.46. The Morgan fingerprint density at radius 3 is 2.57 bits per heavy atom. The Labute approximate surface area is 122 Å². The molecule has 4 nitrogen and oxygen atoms in total. The molecule has 2 aromatic rings. The summed E-state index contributed by atoms with van der Waals surface area (Å²) in [4.78, 5) is 4.81. The van der Waals surface area contributed by atoms with E-state index in [1.807, 2.05) is 30.3 Å². The highest BCUT2D eigenvalue weighted by molar-refractivity contribution is 6.01. The Hall–Kier alpha value is -2.40. The Morgan fingerprint density at radius 2 is 1.95 bits per heavy atom. The van der Waals surface area contributed by atoms with Crippen molar-refractivity contribution in [1.82, 2.24) is 0 Å². The van der Waals surface area contributed by atoms with Gasteiger partial charge in [0.05, 0.1) is 6.61 Å². The van der Waals surface area contributed by atoms with Crippen molar-refractivity contribution in [2.45, 2.75) is 6.61 Å². The van der Waals surface area contributed by atoms with Crippen LogP contribution in [-0.2, 0) is 11.4 Å². The molecule has 0 radical (unpaired) electrons. The van der Waals surface area contributed by atoms with Gasteiger partial charge in [0.1, 0.15) is 31.0 Å². The minimum absolute atomic E-state index is 0.149. The summed E-state index contributed by atoms with van der Waals surface area (Å²) in [6.45, 7) is -0.192. The molecule has 0 amide bonds. The van der Waals surface area contributed by atoms with E-state index in [1.165, 1.54) is 19.2 Å². The summed E-state index contributed by atoms with van der Waals surface area (Å²) in [6.07, 6.45) is 0. The molecule has 1 N–H and O–H groups in total. The number of ether oxygens (including phenoxy) is 1. The van der Waals surface area contributed by atoms with E-state index in [-0.39, 0.29) is 18.8 Å². The molecule has 0 atom stereocenters. The average molecular weight is 289 g/mol. The molecule has 0 aliphatic rings. The first-order valence-corrected chi connectivity index (χ1v) is 6.42. The summed E-state index contributed by atoms with van der Waals surface area (Å²) < 4.78 is 19.1. The molecule has 0 saturated heterocycles. The number of halogens is 1. The van der Waals surface area contributed by atoms with E-state index < -0.39 is 5.82 Å². The van der Waals surface area contributed by atoms with Gasteiger partial charge in [0.2, 0.25) is 0 Å². The molecular weight excluding hydrogens is 273 g/mol. The van der Waals surface area contributed by atoms with Crippen LogP contribution < -0.4 is 4.74 Å². The van der Waals surface area contributed by atoms with Crippen LogP contribution in [0.1, 0.15) is 11.1 Å². The summed E-state index contributed by atoms with van der Waals surface area (Å²) in [5, 5.41) is 12.9. The van der Waals surface area contributed by atoms with Crippen molar-refractivity contribution >= 4 is 5.71 Å². The first kappa shape index (κ1) is 15.0. The highest BCUT2D eigenvalue weighted by Gasteiger charge is 2.07. The Morgan fingerprint density at radius 1 is 1.19 bits per heavy atom. The van der Waals surface area contributed by atoms with E-state index in [1.54, 1.807) is 6.07 Å². The predicted molar refractivity (Wildman–Crippen MR) is 77.8 cm³/mol. The molecule has 0 fully saturated rings. The van der Waals surface area contributed by atoms with Gasteiger partial charge in [-0.1, -0.05) is 41.6 Å². The fourth-order valence-electron chi connectivity index (χ4n) is 1.80. The molecule has 110 valence electrons. The quantitative estimate of drug-likeness (QED) is 0.657. The van der Waals surface area contributed by atoms with E-state index in [4.69, 9.17) is 14.7 Å². The number of hydrogen-bond acceptors (Lipinski definition) is 4. The van der Waals surface area contributed by atoms with Gasteiger partial charge in [-0.05, 0) is 6.07 Å². The predicted octanol–water partition coefficient (Wildman–Crippen LogP) is 2.75. The van der Waals surface area contributed by atoms with Gasteiger partial charge in [-0.3, -0.25) is 0 Å². The van der Waals surface area contributed by atoms with Gasteiger partial charge >= 0.3 is 0 Å². The maximum atomic E-state index is 13.6. The zero-order valence-corrected chi connectivity index (χ0v) is 11.6. The highest BCUT2D eigenvalue weighted by Crippen LogP contribution is 2.17. The van der Waals surface area contributed by atoms with Crippen molar-refractivity contribution in [3.8, 4) is 5.75 Å². The molecule has 2 aromatic carbocycles. The third-order valence-electron chi connectivity index (χ3n) is 2.88. The first-order valence-electron chi connectivity index (χ1n) is 6.42. The minimum atomic E-state index is -0.500. The monoisotopic (exact) mass is 289 g/mol. The molecule has 0 aromatic heterocycles. The number of oxime groups is 1. The lowest BCUT2D eigenvalue weighted by Gasteiger charge is -2.09. The van der Waals surface area contributed by atoms with Crippen LogP contribution in [0.2, 0.25) is 0 Å². The molecule has 0 spiro atoms. The van der Waals surface area contributed by atoms with Gasteiger partial charge in [-0.25, -0.2) is 4.39 Å². The first-order chi connectivity index (χ1) is 10.2. The standard InChI is InChI=1S/C16H16FNO3/c1-20-18-16(12-5-3-2-4-6-12)11-21-14-8-7-13(10-19)15(17)9-14/h2-9,19H,10-11H2,1H3/b18-16+. The van der Waals surface area contributed by atoms with E-state index in [0.29, 0.717) is 11.5 Å². The van der Waals surface area contributed by atoms with Gasteiger partial charge in [-0.15, -0.1) is 0 Å². The van der Waals surface area contributed by atoms with Crippen LogP contribution in [0.4, 0.5) is 4.39 Å². The summed E-state index contributed by atoms with van der Waals surface area (Å²) >= 11 is 0. The van der Waals surface area contributed by atoms with Crippen LogP contribution in [0.15, 0.2) is 53.7 Å². The van der Waals surface area contributed by atoms with Gasteiger partial charge < -0.3 is 14.7 Å². The van der Waals surface area contributed by atoms with Gasteiger partial charge in [0.15, 0.2) is 0 Å². The Balaban J connectivity index is 2.09. The summed E-state index contributed by atoms with van der Waals surface area (Å²) in [5.41, 5.74) is 1.70. The van der Waals surface area contributed by atoms with Crippen LogP contribution in [0.3, 0.4) is 0 Å². The molecule has 2 rings (SSSR count). The topological polar surface area (TPSA) is 51.0 Å². The smallest absolute Gasteiger partial charge is 0.134 e. The van der Waals surface area contributed by atoms with Gasteiger partial charge in [0.25, 0.3) is 0 Å². The van der Waals surface area contributed by atoms with Gasteiger partial charge in [-0.2, -0.15) is 0 Å². The number of benzene rings is 2. The number of rotatable bonds is 6. The molecule has 0 aliphatic carbocycles. The van der Waals surface area contributed by atoms with Crippen molar-refractivity contribution in [1.29, 1.82) is 0 Å². The van der Waals surface area contributed by atoms with E-state index in [9.17, 15) is 4.39 Å². The average Bonchev–Trinajstić information content (AvgIpc) is 2.52. The van der Waals surface area contributed by atoms with Gasteiger partial charge in [0, 0.05) is 17.2 Å². The van der Waals surface area contributed by atoms with Crippen molar-refractivity contribution < 1.29 is 19.1 Å². The fourth-order valence-corrected chi connectivity index (χ4v) is 1.80. The lowest BCUT2D eigenvalue weighted by atomic mass is 10.1. The Kier molecular flexibility index (Phi) is 5.29. The van der Waals surface area contributed by atoms with Crippen LogP contribution >= 0.6 is 0 Å². The van der Waals surface area contributed by atoms with Crippen LogP contribution in [0.25, 0.3) is 0 Å². The minimum Gasteiger partial charge on any atom is -0.487 e. The van der Waals surface area contributed by atoms with Crippen molar-refractivity contribution in [2.75, 3.05) is 13.7 Å². The zero-order valence-electron chi connectivity index (χ0n) is 11.6. The second kappa shape index (κ2) is 7.40. The molecule has 0 unspecified atom stereocenters. The summed E-state index contributed by atoms with van der Waals surface area (Å²) in [5.74, 6) is -0.135. The lowest BCUT2D eigenvalue weighted by Crippen LogP contribution is -2.13. The fraction of sp³-hybridized carbons (Fsp3) is 0.188. The lowest BCUT2D eigenvalue weighted by molar-refractivity contribution is 0.210. The largest absolute Gasteiger partial charge is 0.487 e. The normalized spacial score (nSPS) is 11.3. The van der Waals surface area contributed by atoms with E-state index >= 15 is 0 Å². The third-order valence-corrected chi connectivity index (χ3v) is 2.88. The highest BCUT2D eigenvalue weighted by atomic mass is 19.1. The zero-order chi connectivity index (χ0) is 15.1. The van der Waals surface area contributed by atoms with E-state index in [2.05, 4.69) is 5.16 Å². The third kappa shape index (κ3) is 4.03. The molecule has 0 bridgehead atoms. The molecule has 0 saturated carbocycles. The second-order valence-electron chi connectivity index (χ2n) is 4.29.